The summed E-state index contributed by atoms with van der Waals surface area (Å²) in [5.74, 6) is 0. The predicted octanol–water partition coefficient (Wildman–Crippen LogP) is 12.9. The number of H-pyrrole nitrogens is 2. The molecule has 56 heavy (non-hydrogen) atoms. The van der Waals surface area contributed by atoms with E-state index >= 15 is 4.57 Å². The Kier molecular flexibility index (Phi) is 9.49. The average Bonchev–Trinajstić information content (AvgIpc) is 4.07. The maximum absolute atomic E-state index is 15.0. The normalized spacial score (nSPS) is 12.5. The highest BCUT2D eigenvalue weighted by molar-refractivity contribution is 7.65. The number of hydrogen-bond donors (Lipinski definition) is 2. The van der Waals surface area contributed by atoms with Crippen molar-refractivity contribution in [2.24, 2.45) is 0 Å². The van der Waals surface area contributed by atoms with Gasteiger partial charge in [-0.15, -0.1) is 0 Å². The van der Waals surface area contributed by atoms with E-state index in [9.17, 15) is 0 Å². The largest absolute Gasteiger partial charge is 0.363 e. The van der Waals surface area contributed by atoms with E-state index in [4.69, 9.17) is 19.0 Å². The smallest absolute Gasteiger partial charge is 0.354 e. The molecular formula is C48H39N4O3P. The van der Waals surface area contributed by atoms with E-state index in [1.54, 1.807) is 0 Å². The number of hydrogen-bond acceptors (Lipinski definition) is 5. The van der Waals surface area contributed by atoms with Gasteiger partial charge in [0.1, 0.15) is 0 Å². The number of benzene rings is 4. The van der Waals surface area contributed by atoms with Crippen molar-refractivity contribution in [2.75, 3.05) is 13.2 Å². The first-order chi connectivity index (χ1) is 27.5. The van der Waals surface area contributed by atoms with Gasteiger partial charge < -0.3 is 19.0 Å². The fraction of sp³-hybridized carbons (Fsp3) is 0.0833. The molecule has 2 N–H and O–H groups in total. The highest BCUT2D eigenvalue weighted by atomic mass is 31.2. The fourth-order valence-electron chi connectivity index (χ4n) is 7.62. The number of nitrogens with one attached hydrogen (secondary N) is 2. The van der Waals surface area contributed by atoms with Crippen LogP contribution in [-0.2, 0) is 13.6 Å². The molecule has 0 fully saturated rings. The van der Waals surface area contributed by atoms with Crippen LogP contribution in [0.25, 0.3) is 90.1 Å². The molecule has 7 nitrogen and oxygen atoms in total. The Morgan fingerprint density at radius 1 is 0.464 bits per heavy atom. The van der Waals surface area contributed by atoms with Crippen molar-refractivity contribution in [3.63, 3.8) is 0 Å². The number of nitrogens with zero attached hydrogens (tertiary/aromatic N) is 2. The lowest BCUT2D eigenvalue weighted by molar-refractivity contribution is 0.231. The predicted molar refractivity (Wildman–Crippen MR) is 230 cm³/mol. The zero-order valence-electron chi connectivity index (χ0n) is 31.1. The van der Waals surface area contributed by atoms with Gasteiger partial charge in [-0.3, -0.25) is 4.57 Å². The molecule has 7 aromatic rings. The van der Waals surface area contributed by atoms with Crippen LogP contribution in [0.1, 0.15) is 36.6 Å². The minimum Gasteiger partial charge on any atom is -0.354 e. The van der Waals surface area contributed by atoms with Crippen molar-refractivity contribution in [2.45, 2.75) is 13.8 Å². The second kappa shape index (κ2) is 15.0. The summed E-state index contributed by atoms with van der Waals surface area (Å²) in [7, 11) is -3.88. The van der Waals surface area contributed by atoms with Gasteiger partial charge in [0.15, 0.2) is 0 Å². The Labute approximate surface area is 325 Å². The van der Waals surface area contributed by atoms with E-state index in [0.29, 0.717) is 16.7 Å². The van der Waals surface area contributed by atoms with Crippen LogP contribution in [-0.4, -0.2) is 33.1 Å². The van der Waals surface area contributed by atoms with Crippen molar-refractivity contribution in [3.8, 4) is 44.5 Å². The van der Waals surface area contributed by atoms with Gasteiger partial charge in [-0.25, -0.2) is 9.97 Å². The summed E-state index contributed by atoms with van der Waals surface area (Å²) in [5.41, 5.74) is 13.7. The molecule has 0 atom stereocenters. The molecule has 0 spiro atoms. The minimum absolute atomic E-state index is 0.196. The molecule has 4 aromatic carbocycles. The van der Waals surface area contributed by atoms with Crippen molar-refractivity contribution >= 4 is 53.2 Å². The first kappa shape index (κ1) is 35.3. The van der Waals surface area contributed by atoms with Crippen LogP contribution in [0.3, 0.4) is 0 Å². The van der Waals surface area contributed by atoms with Gasteiger partial charge in [0.05, 0.1) is 41.3 Å². The summed E-state index contributed by atoms with van der Waals surface area (Å²) in [6, 6.07) is 49.2. The van der Waals surface area contributed by atoms with Gasteiger partial charge in [-0.1, -0.05) is 121 Å². The molecule has 8 bridgehead atoms. The highest BCUT2D eigenvalue weighted by Gasteiger charge is 2.37. The van der Waals surface area contributed by atoms with E-state index in [0.717, 1.165) is 78.0 Å². The number of aromatic nitrogens is 4. The van der Waals surface area contributed by atoms with Crippen LogP contribution in [0.2, 0.25) is 0 Å². The molecule has 5 heterocycles. The zero-order chi connectivity index (χ0) is 38.1. The van der Waals surface area contributed by atoms with Gasteiger partial charge in [-0.05, 0) is 78.6 Å². The van der Waals surface area contributed by atoms with E-state index in [1.165, 1.54) is 0 Å². The number of aromatic amines is 2. The maximum Gasteiger partial charge on any atom is 0.363 e. The molecule has 0 aliphatic carbocycles. The van der Waals surface area contributed by atoms with Crippen molar-refractivity contribution in [1.82, 2.24) is 19.9 Å². The minimum atomic E-state index is -3.88. The molecule has 9 rings (SSSR count). The zero-order valence-corrected chi connectivity index (χ0v) is 32.0. The Morgan fingerprint density at radius 3 is 1.21 bits per heavy atom. The van der Waals surface area contributed by atoms with Gasteiger partial charge in [-0.2, -0.15) is 0 Å². The Bertz CT molecular complexity index is 2840. The molecule has 2 aliphatic rings. The summed E-state index contributed by atoms with van der Waals surface area (Å²) in [4.78, 5) is 18.4. The number of fused-ring (bicyclic) bond motifs is 8. The third kappa shape index (κ3) is 6.46. The maximum atomic E-state index is 15.0. The van der Waals surface area contributed by atoms with Crippen LogP contribution >= 0.6 is 7.60 Å². The average molecular weight is 751 g/mol. The lowest BCUT2D eigenvalue weighted by Gasteiger charge is -2.19. The monoisotopic (exact) mass is 750 g/mol. The van der Waals surface area contributed by atoms with Crippen LogP contribution in [0.15, 0.2) is 146 Å². The third-order valence-corrected chi connectivity index (χ3v) is 12.1. The molecule has 3 aromatic heterocycles. The van der Waals surface area contributed by atoms with Crippen molar-refractivity contribution in [1.29, 1.82) is 0 Å². The second-order valence-electron chi connectivity index (χ2n) is 13.5. The fourth-order valence-corrected chi connectivity index (χ4v) is 9.36. The van der Waals surface area contributed by atoms with Crippen LogP contribution < -0.4 is 0 Å². The van der Waals surface area contributed by atoms with E-state index in [1.807, 2.05) is 105 Å². The van der Waals surface area contributed by atoms with Gasteiger partial charge >= 0.3 is 7.60 Å². The van der Waals surface area contributed by atoms with Crippen LogP contribution in [0.4, 0.5) is 0 Å². The van der Waals surface area contributed by atoms with E-state index < -0.39 is 7.60 Å². The lowest BCUT2D eigenvalue weighted by Crippen LogP contribution is -1.99. The van der Waals surface area contributed by atoms with Gasteiger partial charge in [0.2, 0.25) is 0 Å². The molecule has 0 amide bonds. The first-order valence-corrected chi connectivity index (χ1v) is 20.4. The summed E-state index contributed by atoms with van der Waals surface area (Å²) >= 11 is 0. The lowest BCUT2D eigenvalue weighted by atomic mass is 10.0. The van der Waals surface area contributed by atoms with Crippen molar-refractivity contribution < 1.29 is 13.6 Å². The molecule has 2 aliphatic heterocycles. The standard InChI is InChI=1S/C48H39N4O3P/c1-3-54-56(53,55-4-2)43-31-42-46(34-21-13-7-14-22-34)40-28-27-38(50-40)44(32-17-9-5-10-18-32)36-25-26-37(49-36)45(33-19-11-6-12-20-33)39-29-30-41(51-39)47(48(43)52-42)35-23-15-8-16-24-35/h5-31,50-51H,3-4H2,1-2H3. The van der Waals surface area contributed by atoms with Crippen LogP contribution in [0.5, 0.6) is 0 Å². The summed E-state index contributed by atoms with van der Waals surface area (Å²) in [5, 5.41) is 0.404. The molecule has 274 valence electrons. The molecule has 8 heteroatoms. The Hall–Kier alpha value is -6.37. The molecule has 0 unspecified atom stereocenters. The summed E-state index contributed by atoms with van der Waals surface area (Å²) in [6.45, 7) is 4.05. The number of rotatable bonds is 9. The van der Waals surface area contributed by atoms with Gasteiger partial charge in [0, 0.05) is 44.3 Å². The summed E-state index contributed by atoms with van der Waals surface area (Å²) in [6.07, 6.45) is 6.08. The Balaban J connectivity index is 1.52. The van der Waals surface area contributed by atoms with Crippen LogP contribution in [0, 0.1) is 0 Å². The van der Waals surface area contributed by atoms with Gasteiger partial charge in [0.25, 0.3) is 0 Å². The molecule has 0 radical (unpaired) electrons. The highest BCUT2D eigenvalue weighted by Crippen LogP contribution is 2.63. The quantitative estimate of drug-likeness (QED) is 0.143. The van der Waals surface area contributed by atoms with E-state index in [2.05, 4.69) is 82.8 Å². The summed E-state index contributed by atoms with van der Waals surface area (Å²) < 4.78 is 27.2. The topological polar surface area (TPSA) is 92.9 Å². The molecular weight excluding hydrogens is 712 g/mol. The van der Waals surface area contributed by atoms with E-state index in [-0.39, 0.29) is 13.2 Å². The molecule has 0 saturated heterocycles. The molecule has 0 saturated carbocycles. The van der Waals surface area contributed by atoms with Crippen molar-refractivity contribution in [3.05, 3.63) is 168 Å². The third-order valence-electron chi connectivity index (χ3n) is 9.99. The Morgan fingerprint density at radius 2 is 0.821 bits per heavy atom. The second-order valence-corrected chi connectivity index (χ2v) is 15.5. The first-order valence-electron chi connectivity index (χ1n) is 18.9. The SMILES string of the molecule is CCOP(=O)(OCC)C1=Cc2nc1c(-c1ccccc1)c1ccc([nH]1)c(-c1ccccc1)c1nc(c(-c3ccccc3)c3ccc([nH]3)c2-c2ccccc2)C=C1.